The number of nitrogens with zero attached hydrogens (tertiary/aromatic N) is 2. The van der Waals surface area contributed by atoms with Crippen molar-refractivity contribution in [1.29, 1.82) is 0 Å². The van der Waals surface area contributed by atoms with Gasteiger partial charge in [-0.3, -0.25) is 4.68 Å². The van der Waals surface area contributed by atoms with Crippen LogP contribution in [0.4, 0.5) is 5.82 Å². The number of aryl methyl sites for hydroxylation is 2. The van der Waals surface area contributed by atoms with Crippen LogP contribution in [0.1, 0.15) is 31.0 Å². The zero-order chi connectivity index (χ0) is 13.3. The largest absolute Gasteiger partial charge is 0.389 e. The van der Waals surface area contributed by atoms with Crippen molar-refractivity contribution in [2.45, 2.75) is 32.2 Å². The Kier molecular flexibility index (Phi) is 3.59. The van der Waals surface area contributed by atoms with Crippen LogP contribution in [0.25, 0.3) is 0 Å². The fourth-order valence-corrected chi connectivity index (χ4v) is 2.66. The number of nitrogens with one attached hydrogen (secondary N) is 1. The molecule has 100 valence electrons. The summed E-state index contributed by atoms with van der Waals surface area (Å²) in [6.07, 6.45) is 2.12. The number of hydrogen-bond acceptors (Lipinski definition) is 4. The molecule has 1 aromatic heterocycles. The Hall–Kier alpha value is -1.14. The van der Waals surface area contributed by atoms with Gasteiger partial charge in [0.25, 0.3) is 0 Å². The van der Waals surface area contributed by atoms with Crippen LogP contribution in [0.15, 0.2) is 0 Å². The lowest BCUT2D eigenvalue weighted by Gasteiger charge is -2.35. The molecule has 1 saturated heterocycles. The highest BCUT2D eigenvalue weighted by Crippen LogP contribution is 2.27. The Balaban J connectivity index is 2.30. The molecule has 6 heteroatoms. The quantitative estimate of drug-likeness (QED) is 0.810. The summed E-state index contributed by atoms with van der Waals surface area (Å²) in [6, 6.07) is 0. The number of aromatic nitrogens is 2. The maximum atomic E-state index is 5.78. The van der Waals surface area contributed by atoms with Crippen molar-refractivity contribution in [3.8, 4) is 0 Å². The first-order valence-electron chi connectivity index (χ1n) is 6.12. The predicted octanol–water partition coefficient (Wildman–Crippen LogP) is 1.34. The minimum absolute atomic E-state index is 0.0853. The lowest BCUT2D eigenvalue weighted by atomic mass is 9.94. The van der Waals surface area contributed by atoms with Crippen LogP contribution in [-0.4, -0.2) is 33.5 Å². The lowest BCUT2D eigenvalue weighted by molar-refractivity contribution is 0.0537. The van der Waals surface area contributed by atoms with E-state index in [4.69, 9.17) is 22.7 Å². The zero-order valence-electron chi connectivity index (χ0n) is 11.1. The molecule has 0 bridgehead atoms. The van der Waals surface area contributed by atoms with Gasteiger partial charge >= 0.3 is 0 Å². The molecule has 2 heterocycles. The van der Waals surface area contributed by atoms with Crippen molar-refractivity contribution in [1.82, 2.24) is 9.78 Å². The third-order valence-corrected chi connectivity index (χ3v) is 3.53. The van der Waals surface area contributed by atoms with Crippen molar-refractivity contribution < 1.29 is 4.74 Å². The van der Waals surface area contributed by atoms with E-state index in [1.807, 2.05) is 14.0 Å². The number of nitrogens with two attached hydrogens (primary N) is 1. The standard InChI is InChI=1S/C12H20N4OS/c1-8-9(10(13)18)11(16(3)15-8)14-12(2)5-4-6-17-7-12/h14H,4-7H2,1-3H3,(H2,13,18). The van der Waals surface area contributed by atoms with Crippen LogP contribution in [0.3, 0.4) is 0 Å². The molecule has 1 fully saturated rings. The first-order valence-corrected chi connectivity index (χ1v) is 6.53. The number of ether oxygens (including phenoxy) is 1. The van der Waals surface area contributed by atoms with Gasteiger partial charge in [-0.25, -0.2) is 0 Å². The molecule has 0 amide bonds. The minimum atomic E-state index is -0.0853. The van der Waals surface area contributed by atoms with Crippen molar-refractivity contribution in [2.75, 3.05) is 18.5 Å². The Morgan fingerprint density at radius 2 is 2.33 bits per heavy atom. The molecule has 1 aromatic rings. The van der Waals surface area contributed by atoms with Gasteiger partial charge in [-0.05, 0) is 26.7 Å². The Labute approximate surface area is 113 Å². The summed E-state index contributed by atoms with van der Waals surface area (Å²) in [5.74, 6) is 0.882. The van der Waals surface area contributed by atoms with E-state index in [1.54, 1.807) is 4.68 Å². The third kappa shape index (κ3) is 2.49. The highest BCUT2D eigenvalue weighted by Gasteiger charge is 2.30. The van der Waals surface area contributed by atoms with Crippen molar-refractivity contribution >= 4 is 23.0 Å². The molecule has 1 aliphatic rings. The van der Waals surface area contributed by atoms with E-state index in [0.717, 1.165) is 36.5 Å². The summed E-state index contributed by atoms with van der Waals surface area (Å²) >= 11 is 5.11. The molecular formula is C12H20N4OS. The topological polar surface area (TPSA) is 65.1 Å². The van der Waals surface area contributed by atoms with Gasteiger partial charge in [0.15, 0.2) is 0 Å². The molecule has 5 nitrogen and oxygen atoms in total. The van der Waals surface area contributed by atoms with Crippen molar-refractivity contribution in [3.05, 3.63) is 11.3 Å². The van der Waals surface area contributed by atoms with Crippen molar-refractivity contribution in [3.63, 3.8) is 0 Å². The second kappa shape index (κ2) is 4.85. The van der Waals surface area contributed by atoms with E-state index < -0.39 is 0 Å². The van der Waals surface area contributed by atoms with E-state index in [-0.39, 0.29) is 5.54 Å². The highest BCUT2D eigenvalue weighted by atomic mass is 32.1. The maximum Gasteiger partial charge on any atom is 0.135 e. The molecule has 2 rings (SSSR count). The van der Waals surface area contributed by atoms with Gasteiger partial charge in [0.2, 0.25) is 0 Å². The van der Waals surface area contributed by atoms with Crippen LogP contribution in [-0.2, 0) is 11.8 Å². The summed E-state index contributed by atoms with van der Waals surface area (Å²) < 4.78 is 7.34. The van der Waals surface area contributed by atoms with Crippen LogP contribution in [0.5, 0.6) is 0 Å². The van der Waals surface area contributed by atoms with Crippen molar-refractivity contribution in [2.24, 2.45) is 12.8 Å². The molecule has 0 radical (unpaired) electrons. The average molecular weight is 268 g/mol. The molecule has 3 N–H and O–H groups in total. The van der Waals surface area contributed by atoms with Gasteiger partial charge in [-0.2, -0.15) is 5.10 Å². The monoisotopic (exact) mass is 268 g/mol. The summed E-state index contributed by atoms with van der Waals surface area (Å²) in [5, 5.41) is 7.88. The number of rotatable bonds is 3. The maximum absolute atomic E-state index is 5.78. The normalized spacial score (nSPS) is 23.9. The Morgan fingerprint density at radius 1 is 1.61 bits per heavy atom. The average Bonchev–Trinajstić information content (AvgIpc) is 2.54. The van der Waals surface area contributed by atoms with E-state index >= 15 is 0 Å². The van der Waals surface area contributed by atoms with Gasteiger partial charge in [0.05, 0.1) is 23.4 Å². The predicted molar refractivity (Wildman–Crippen MR) is 75.9 cm³/mol. The van der Waals surface area contributed by atoms with Crippen LogP contribution >= 0.6 is 12.2 Å². The summed E-state index contributed by atoms with van der Waals surface area (Å²) in [4.78, 5) is 0.378. The van der Waals surface area contributed by atoms with Crippen LogP contribution in [0, 0.1) is 6.92 Å². The van der Waals surface area contributed by atoms with Gasteiger partial charge in [0.1, 0.15) is 10.8 Å². The Bertz CT molecular complexity index is 463. The molecule has 1 unspecified atom stereocenters. The zero-order valence-corrected chi connectivity index (χ0v) is 11.9. The molecule has 0 spiro atoms. The van der Waals surface area contributed by atoms with E-state index in [1.165, 1.54) is 0 Å². The van der Waals surface area contributed by atoms with Gasteiger partial charge in [-0.1, -0.05) is 12.2 Å². The van der Waals surface area contributed by atoms with Gasteiger partial charge in [0, 0.05) is 13.7 Å². The second-order valence-electron chi connectivity index (χ2n) is 5.14. The third-order valence-electron chi connectivity index (χ3n) is 3.33. The fourth-order valence-electron chi connectivity index (χ4n) is 2.41. The Morgan fingerprint density at radius 3 is 2.89 bits per heavy atom. The minimum Gasteiger partial charge on any atom is -0.389 e. The van der Waals surface area contributed by atoms with Crippen LogP contribution < -0.4 is 11.1 Å². The summed E-state index contributed by atoms with van der Waals surface area (Å²) in [5.41, 5.74) is 7.39. The molecule has 1 atom stereocenters. The second-order valence-corrected chi connectivity index (χ2v) is 5.58. The van der Waals surface area contributed by atoms with Gasteiger partial charge in [-0.15, -0.1) is 0 Å². The molecule has 0 aliphatic carbocycles. The van der Waals surface area contributed by atoms with Crippen LogP contribution in [0.2, 0.25) is 0 Å². The molecular weight excluding hydrogens is 248 g/mol. The number of anilines is 1. The fraction of sp³-hybridized carbons (Fsp3) is 0.667. The molecule has 1 aliphatic heterocycles. The summed E-state index contributed by atoms with van der Waals surface area (Å²) in [6.45, 7) is 5.59. The van der Waals surface area contributed by atoms with E-state index in [0.29, 0.717) is 11.6 Å². The molecule has 18 heavy (non-hydrogen) atoms. The molecule has 0 aromatic carbocycles. The highest BCUT2D eigenvalue weighted by molar-refractivity contribution is 7.80. The van der Waals surface area contributed by atoms with E-state index in [9.17, 15) is 0 Å². The summed E-state index contributed by atoms with van der Waals surface area (Å²) in [7, 11) is 1.89. The number of hydrogen-bond donors (Lipinski definition) is 2. The molecule has 0 saturated carbocycles. The lowest BCUT2D eigenvalue weighted by Crippen LogP contribution is -2.44. The first kappa shape index (κ1) is 13.3. The SMILES string of the molecule is Cc1nn(C)c(NC2(C)CCCOC2)c1C(N)=S. The first-order chi connectivity index (χ1) is 8.43. The number of thiocarbonyl (C=S) groups is 1. The van der Waals surface area contributed by atoms with Gasteiger partial charge < -0.3 is 15.8 Å². The smallest absolute Gasteiger partial charge is 0.135 e. The van der Waals surface area contributed by atoms with E-state index in [2.05, 4.69) is 17.3 Å².